The normalized spacial score (nSPS) is 13.9. The van der Waals surface area contributed by atoms with Crippen LogP contribution >= 0.6 is 0 Å². The Bertz CT molecular complexity index is 555. The number of carbonyl (C=O) groups is 3. The third kappa shape index (κ3) is 4.98. The Morgan fingerprint density at radius 2 is 2.04 bits per heavy atom. The SMILES string of the molecule is CCOc1ccc(CCCNC(=O)CN2C(=O)CNC2=O)cc1. The van der Waals surface area contributed by atoms with E-state index in [0.29, 0.717) is 13.2 Å². The maximum atomic E-state index is 11.7. The standard InChI is InChI=1S/C16H21N3O4/c1-2-23-13-7-5-12(6-8-13)4-3-9-17-14(20)11-19-15(21)10-18-16(19)22/h5-8H,2-4,9-11H2,1H3,(H,17,20)(H,18,22). The number of hydrogen-bond donors (Lipinski definition) is 2. The quantitative estimate of drug-likeness (QED) is 0.545. The Balaban J connectivity index is 1.65. The Kier molecular flexibility index (Phi) is 5.96. The van der Waals surface area contributed by atoms with Gasteiger partial charge in [-0.05, 0) is 37.5 Å². The smallest absolute Gasteiger partial charge is 0.325 e. The van der Waals surface area contributed by atoms with Crippen molar-refractivity contribution < 1.29 is 19.1 Å². The monoisotopic (exact) mass is 319 g/mol. The molecule has 0 aliphatic carbocycles. The van der Waals surface area contributed by atoms with Crippen molar-refractivity contribution in [3.8, 4) is 5.75 Å². The molecule has 0 atom stereocenters. The molecule has 7 nitrogen and oxygen atoms in total. The van der Waals surface area contributed by atoms with Gasteiger partial charge in [0.1, 0.15) is 12.3 Å². The largest absolute Gasteiger partial charge is 0.494 e. The Labute approximate surface area is 135 Å². The Morgan fingerprint density at radius 3 is 2.65 bits per heavy atom. The first kappa shape index (κ1) is 16.8. The van der Waals surface area contributed by atoms with Crippen LogP contribution in [-0.4, -0.2) is 49.0 Å². The molecule has 0 spiro atoms. The van der Waals surface area contributed by atoms with Crippen LogP contribution in [0.3, 0.4) is 0 Å². The number of ether oxygens (including phenoxy) is 1. The van der Waals surface area contributed by atoms with Crippen molar-refractivity contribution in [2.45, 2.75) is 19.8 Å². The lowest BCUT2D eigenvalue weighted by atomic mass is 10.1. The number of hydrogen-bond acceptors (Lipinski definition) is 4. The zero-order valence-electron chi connectivity index (χ0n) is 13.1. The number of aryl methyl sites for hydroxylation is 1. The highest BCUT2D eigenvalue weighted by Gasteiger charge is 2.29. The number of nitrogens with zero attached hydrogens (tertiary/aromatic N) is 1. The maximum absolute atomic E-state index is 11.7. The molecular weight excluding hydrogens is 298 g/mol. The lowest BCUT2D eigenvalue weighted by molar-refractivity contribution is -0.130. The fourth-order valence-electron chi connectivity index (χ4n) is 2.25. The molecule has 1 aliphatic heterocycles. The molecule has 0 saturated carbocycles. The molecule has 4 amide bonds. The van der Waals surface area contributed by atoms with E-state index in [2.05, 4.69) is 10.6 Å². The molecule has 1 fully saturated rings. The van der Waals surface area contributed by atoms with Gasteiger partial charge in [-0.3, -0.25) is 14.5 Å². The summed E-state index contributed by atoms with van der Waals surface area (Å²) < 4.78 is 5.38. The summed E-state index contributed by atoms with van der Waals surface area (Å²) in [5, 5.41) is 5.09. The fourth-order valence-corrected chi connectivity index (χ4v) is 2.25. The zero-order valence-corrected chi connectivity index (χ0v) is 13.1. The van der Waals surface area contributed by atoms with E-state index in [4.69, 9.17) is 4.74 Å². The van der Waals surface area contributed by atoms with E-state index in [1.165, 1.54) is 0 Å². The number of carbonyl (C=O) groups excluding carboxylic acids is 3. The average molecular weight is 319 g/mol. The van der Waals surface area contributed by atoms with Crippen LogP contribution < -0.4 is 15.4 Å². The van der Waals surface area contributed by atoms with Crippen LogP contribution in [0, 0.1) is 0 Å². The van der Waals surface area contributed by atoms with Crippen molar-refractivity contribution >= 4 is 17.8 Å². The average Bonchev–Trinajstić information content (AvgIpc) is 2.85. The minimum atomic E-state index is -0.514. The molecule has 0 radical (unpaired) electrons. The maximum Gasteiger partial charge on any atom is 0.325 e. The van der Waals surface area contributed by atoms with Crippen LogP contribution in [0.2, 0.25) is 0 Å². The number of benzene rings is 1. The van der Waals surface area contributed by atoms with Crippen LogP contribution in [0.25, 0.3) is 0 Å². The predicted molar refractivity (Wildman–Crippen MR) is 84.1 cm³/mol. The van der Waals surface area contributed by atoms with E-state index < -0.39 is 6.03 Å². The molecule has 0 bridgehead atoms. The van der Waals surface area contributed by atoms with Crippen molar-refractivity contribution in [3.63, 3.8) is 0 Å². The number of urea groups is 1. The van der Waals surface area contributed by atoms with Crippen LogP contribution in [-0.2, 0) is 16.0 Å². The second kappa shape index (κ2) is 8.17. The van der Waals surface area contributed by atoms with Gasteiger partial charge in [0.15, 0.2) is 0 Å². The highest BCUT2D eigenvalue weighted by Crippen LogP contribution is 2.13. The lowest BCUT2D eigenvalue weighted by Crippen LogP contribution is -2.41. The van der Waals surface area contributed by atoms with Crippen LogP contribution in [0.15, 0.2) is 24.3 Å². The van der Waals surface area contributed by atoms with Crippen LogP contribution in [0.1, 0.15) is 18.9 Å². The van der Waals surface area contributed by atoms with E-state index in [1.54, 1.807) is 0 Å². The topological polar surface area (TPSA) is 87.7 Å². The van der Waals surface area contributed by atoms with Crippen LogP contribution in [0.5, 0.6) is 5.75 Å². The lowest BCUT2D eigenvalue weighted by Gasteiger charge is -2.12. The second-order valence-corrected chi connectivity index (χ2v) is 5.17. The Morgan fingerprint density at radius 1 is 1.30 bits per heavy atom. The summed E-state index contributed by atoms with van der Waals surface area (Å²) in [6.07, 6.45) is 1.61. The second-order valence-electron chi connectivity index (χ2n) is 5.17. The summed E-state index contributed by atoms with van der Waals surface area (Å²) in [5.41, 5.74) is 1.16. The van der Waals surface area contributed by atoms with E-state index in [-0.39, 0.29) is 24.9 Å². The van der Waals surface area contributed by atoms with Gasteiger partial charge in [-0.15, -0.1) is 0 Å². The summed E-state index contributed by atoms with van der Waals surface area (Å²) in [6.45, 7) is 2.81. The molecule has 1 aromatic rings. The number of nitrogens with one attached hydrogen (secondary N) is 2. The number of rotatable bonds is 8. The fraction of sp³-hybridized carbons (Fsp3) is 0.438. The van der Waals surface area contributed by atoms with Gasteiger partial charge >= 0.3 is 6.03 Å². The summed E-state index contributed by atoms with van der Waals surface area (Å²) in [7, 11) is 0. The molecule has 2 N–H and O–H groups in total. The third-order valence-electron chi connectivity index (χ3n) is 3.44. The molecule has 1 saturated heterocycles. The predicted octanol–water partition coefficient (Wildman–Crippen LogP) is 0.686. The summed E-state index contributed by atoms with van der Waals surface area (Å²) in [4.78, 5) is 35.3. The highest BCUT2D eigenvalue weighted by molar-refractivity contribution is 6.04. The summed E-state index contributed by atoms with van der Waals surface area (Å²) >= 11 is 0. The van der Waals surface area contributed by atoms with Gasteiger partial charge in [0.2, 0.25) is 5.91 Å². The third-order valence-corrected chi connectivity index (χ3v) is 3.44. The van der Waals surface area contributed by atoms with Crippen molar-refractivity contribution in [1.82, 2.24) is 15.5 Å². The van der Waals surface area contributed by atoms with E-state index in [0.717, 1.165) is 29.1 Å². The molecular formula is C16H21N3O4. The summed E-state index contributed by atoms with van der Waals surface area (Å²) in [5.74, 6) is 0.139. The molecule has 7 heteroatoms. The van der Waals surface area contributed by atoms with Crippen molar-refractivity contribution in [3.05, 3.63) is 29.8 Å². The van der Waals surface area contributed by atoms with Gasteiger partial charge in [-0.1, -0.05) is 12.1 Å². The molecule has 1 aromatic carbocycles. The zero-order chi connectivity index (χ0) is 16.7. The van der Waals surface area contributed by atoms with Gasteiger partial charge in [-0.2, -0.15) is 0 Å². The molecule has 124 valence electrons. The van der Waals surface area contributed by atoms with Gasteiger partial charge in [-0.25, -0.2) is 4.79 Å². The Hall–Kier alpha value is -2.57. The van der Waals surface area contributed by atoms with Crippen molar-refractivity contribution in [2.75, 3.05) is 26.2 Å². The minimum absolute atomic E-state index is 0.0378. The first-order valence-corrected chi connectivity index (χ1v) is 7.66. The minimum Gasteiger partial charge on any atom is -0.494 e. The van der Waals surface area contributed by atoms with Gasteiger partial charge in [0.25, 0.3) is 5.91 Å². The van der Waals surface area contributed by atoms with Gasteiger partial charge < -0.3 is 15.4 Å². The van der Waals surface area contributed by atoms with E-state index in [1.807, 2.05) is 31.2 Å². The van der Waals surface area contributed by atoms with Gasteiger partial charge in [0, 0.05) is 6.54 Å². The van der Waals surface area contributed by atoms with Crippen molar-refractivity contribution in [2.24, 2.45) is 0 Å². The first-order valence-electron chi connectivity index (χ1n) is 7.66. The van der Waals surface area contributed by atoms with E-state index >= 15 is 0 Å². The molecule has 0 unspecified atom stereocenters. The molecule has 1 heterocycles. The van der Waals surface area contributed by atoms with Gasteiger partial charge in [0.05, 0.1) is 13.2 Å². The molecule has 2 rings (SSSR count). The highest BCUT2D eigenvalue weighted by atomic mass is 16.5. The van der Waals surface area contributed by atoms with Crippen LogP contribution in [0.4, 0.5) is 4.79 Å². The molecule has 1 aliphatic rings. The summed E-state index contributed by atoms with van der Waals surface area (Å²) in [6, 6.07) is 7.34. The number of imide groups is 1. The first-order chi connectivity index (χ1) is 11.1. The van der Waals surface area contributed by atoms with Crippen molar-refractivity contribution in [1.29, 1.82) is 0 Å². The van der Waals surface area contributed by atoms with E-state index in [9.17, 15) is 14.4 Å². The molecule has 23 heavy (non-hydrogen) atoms. The number of amides is 4. The molecule has 0 aromatic heterocycles.